The average molecular weight is 397 g/mol. The van der Waals surface area contributed by atoms with Gasteiger partial charge in [-0.25, -0.2) is 4.99 Å². The highest BCUT2D eigenvalue weighted by atomic mass is 32.2. The highest BCUT2D eigenvalue weighted by Crippen LogP contribution is 2.29. The van der Waals surface area contributed by atoms with E-state index in [0.717, 1.165) is 6.34 Å². The van der Waals surface area contributed by atoms with Crippen LogP contribution in [0.1, 0.15) is 0 Å². The fraction of sp³-hybridized carbons (Fsp3) is 0.500. The van der Waals surface area contributed by atoms with E-state index in [0.29, 0.717) is 5.69 Å². The number of nitrogens with zero attached hydrogens (tertiary/aromatic N) is 1. The highest BCUT2D eigenvalue weighted by molar-refractivity contribution is 7.98. The van der Waals surface area contributed by atoms with E-state index in [1.165, 1.54) is 12.1 Å². The molecule has 3 unspecified atom stereocenters. The molecular weight excluding hydrogens is 379 g/mol. The first kappa shape index (κ1) is 20.7. The van der Waals surface area contributed by atoms with Gasteiger partial charge in [-0.2, -0.15) is 13.2 Å². The highest BCUT2D eigenvalue weighted by Gasteiger charge is 2.45. The number of aliphatic hydroxyl groups excluding tert-OH is 3. The summed E-state index contributed by atoms with van der Waals surface area (Å²) in [5, 5.41) is 29.7. The molecule has 0 aliphatic carbocycles. The van der Waals surface area contributed by atoms with Gasteiger partial charge in [-0.05, 0) is 24.3 Å². The van der Waals surface area contributed by atoms with E-state index in [1.54, 1.807) is 12.1 Å². The van der Waals surface area contributed by atoms with Gasteiger partial charge in [0.2, 0.25) is 6.29 Å². The summed E-state index contributed by atoms with van der Waals surface area (Å²) in [6.07, 6.45) is -6.35. The Morgan fingerprint density at radius 3 is 2.42 bits per heavy atom. The predicted octanol–water partition coefficient (Wildman–Crippen LogP) is 0.249. The van der Waals surface area contributed by atoms with Crippen molar-refractivity contribution in [3.63, 3.8) is 0 Å². The lowest BCUT2D eigenvalue weighted by Crippen LogP contribution is -2.60. The third-order valence-electron chi connectivity index (χ3n) is 3.45. The summed E-state index contributed by atoms with van der Waals surface area (Å²) < 4.78 is 49.2. The van der Waals surface area contributed by atoms with Crippen LogP contribution in [0.3, 0.4) is 0 Å². The molecule has 0 aromatic heterocycles. The lowest BCUT2D eigenvalue weighted by molar-refractivity contribution is -0.270. The Kier molecular flexibility index (Phi) is 7.08. The second-order valence-electron chi connectivity index (χ2n) is 5.30. The number of halogens is 3. The smallest absolute Gasteiger partial charge is 0.456 e. The Hall–Kier alpha value is -1.57. The number of hydrogen-bond donors (Lipinski definition) is 5. The van der Waals surface area contributed by atoms with E-state index in [1.807, 2.05) is 4.72 Å². The van der Waals surface area contributed by atoms with Crippen molar-refractivity contribution in [3.05, 3.63) is 24.3 Å². The second kappa shape index (κ2) is 8.88. The first-order valence-electron chi connectivity index (χ1n) is 7.39. The number of hydrogen-bond acceptors (Lipinski definition) is 8. The Labute approximate surface area is 150 Å². The minimum atomic E-state index is -4.51. The van der Waals surface area contributed by atoms with Gasteiger partial charge in [0.25, 0.3) is 0 Å². The summed E-state index contributed by atoms with van der Waals surface area (Å²) in [5.74, 6) is 0.255. The van der Waals surface area contributed by atoms with Crippen molar-refractivity contribution >= 4 is 24.0 Å². The van der Waals surface area contributed by atoms with Crippen LogP contribution < -0.4 is 15.2 Å². The number of nitrogens with one attached hydrogen (secondary N) is 1. The van der Waals surface area contributed by atoms with E-state index in [-0.39, 0.29) is 5.75 Å². The second-order valence-corrected chi connectivity index (χ2v) is 6.26. The van der Waals surface area contributed by atoms with Gasteiger partial charge in [-0.3, -0.25) is 4.72 Å². The number of rotatable bonds is 6. The van der Waals surface area contributed by atoms with Crippen LogP contribution >= 0.6 is 11.9 Å². The molecule has 0 radical (unpaired) electrons. The topological polar surface area (TPSA) is 130 Å². The molecule has 146 valence electrons. The number of aliphatic hydroxyl groups is 3. The minimum absolute atomic E-state index is 0.255. The van der Waals surface area contributed by atoms with Crippen LogP contribution in [0.5, 0.6) is 5.75 Å². The number of ether oxygens (including phenoxy) is 2. The number of benzene rings is 1. The first-order valence-corrected chi connectivity index (χ1v) is 8.21. The summed E-state index contributed by atoms with van der Waals surface area (Å²) in [5.41, 5.74) is 1.21. The molecule has 1 aromatic carbocycles. The van der Waals surface area contributed by atoms with Gasteiger partial charge < -0.3 is 30.5 Å². The molecule has 2 rings (SSSR count). The van der Waals surface area contributed by atoms with Crippen LogP contribution in [-0.4, -0.2) is 64.4 Å². The Bertz CT molecular complexity index is 604. The lowest BCUT2D eigenvalue weighted by atomic mass is 9.99. The molecule has 1 fully saturated rings. The Morgan fingerprint density at radius 2 is 1.85 bits per heavy atom. The maximum Gasteiger partial charge on any atom is 0.456 e. The normalized spacial score (nSPS) is 29.8. The number of alkyl halides is 3. The minimum Gasteiger partial charge on any atom is -0.462 e. The zero-order valence-electron chi connectivity index (χ0n) is 13.2. The van der Waals surface area contributed by atoms with Crippen molar-refractivity contribution in [1.29, 1.82) is 0 Å². The molecule has 1 saturated heterocycles. The maximum absolute atomic E-state index is 12.2. The molecule has 0 spiro atoms. The third kappa shape index (κ3) is 5.72. The molecule has 0 bridgehead atoms. The molecule has 0 amide bonds. The molecule has 1 aliphatic heterocycles. The molecule has 1 heterocycles. The van der Waals surface area contributed by atoms with Gasteiger partial charge in [0.15, 0.2) is 0 Å². The average Bonchev–Trinajstić information content (AvgIpc) is 2.57. The van der Waals surface area contributed by atoms with Gasteiger partial charge in [0, 0.05) is 18.5 Å². The van der Waals surface area contributed by atoms with Crippen LogP contribution in [0.25, 0.3) is 0 Å². The monoisotopic (exact) mass is 397 g/mol. The fourth-order valence-corrected chi connectivity index (χ4v) is 2.63. The van der Waals surface area contributed by atoms with Gasteiger partial charge in [0.1, 0.15) is 30.2 Å². The summed E-state index contributed by atoms with van der Waals surface area (Å²) in [6.45, 7) is -0.431. The molecule has 1 aliphatic rings. The van der Waals surface area contributed by atoms with E-state index < -0.39 is 54.7 Å². The lowest BCUT2D eigenvalue weighted by Gasteiger charge is -2.40. The summed E-state index contributed by atoms with van der Waals surface area (Å²) in [7, 11) is 0. The van der Waals surface area contributed by atoms with Gasteiger partial charge >= 0.3 is 5.51 Å². The Balaban J connectivity index is 2.00. The SMILES string of the molecule is NC=Nc1ccc(O[C@H]2OC(CNSC(F)(F)F)[C@@H](O)C(O)C2O)cc1. The Morgan fingerprint density at radius 1 is 1.19 bits per heavy atom. The predicted molar refractivity (Wildman–Crippen MR) is 87.7 cm³/mol. The van der Waals surface area contributed by atoms with Crippen LogP contribution in [0.4, 0.5) is 18.9 Å². The molecule has 6 N–H and O–H groups in total. The van der Waals surface area contributed by atoms with Crippen molar-refractivity contribution in [1.82, 2.24) is 4.72 Å². The van der Waals surface area contributed by atoms with E-state index in [2.05, 4.69) is 4.99 Å². The quantitative estimate of drug-likeness (QED) is 0.262. The van der Waals surface area contributed by atoms with Crippen molar-refractivity contribution in [2.24, 2.45) is 10.7 Å². The van der Waals surface area contributed by atoms with E-state index >= 15 is 0 Å². The molecular formula is C14H18F3N3O5S. The summed E-state index contributed by atoms with van der Waals surface area (Å²) >= 11 is -0.507. The van der Waals surface area contributed by atoms with Crippen molar-refractivity contribution in [3.8, 4) is 5.75 Å². The maximum atomic E-state index is 12.2. The largest absolute Gasteiger partial charge is 0.462 e. The fourth-order valence-electron chi connectivity index (χ4n) is 2.22. The molecule has 12 heteroatoms. The summed E-state index contributed by atoms with van der Waals surface area (Å²) in [4.78, 5) is 3.84. The van der Waals surface area contributed by atoms with E-state index in [9.17, 15) is 28.5 Å². The first-order chi connectivity index (χ1) is 12.2. The van der Waals surface area contributed by atoms with Gasteiger partial charge in [-0.1, -0.05) is 0 Å². The van der Waals surface area contributed by atoms with Crippen LogP contribution in [0.2, 0.25) is 0 Å². The van der Waals surface area contributed by atoms with Gasteiger partial charge in [-0.15, -0.1) is 0 Å². The van der Waals surface area contributed by atoms with Crippen LogP contribution in [0, 0.1) is 0 Å². The van der Waals surface area contributed by atoms with E-state index in [4.69, 9.17) is 15.2 Å². The van der Waals surface area contributed by atoms with Crippen molar-refractivity contribution in [2.45, 2.75) is 36.2 Å². The zero-order valence-corrected chi connectivity index (χ0v) is 14.0. The number of nitrogens with two attached hydrogens (primary N) is 1. The molecule has 0 saturated carbocycles. The van der Waals surface area contributed by atoms with Gasteiger partial charge in [0.05, 0.1) is 12.0 Å². The molecule has 8 nitrogen and oxygen atoms in total. The standard InChI is InChI=1S/C14H18F3N3O5S/c15-14(16,17)26-20-5-9-10(21)11(22)12(23)13(25-9)24-8-3-1-7(2-4-8)19-6-18/h1-4,6,9-13,20-23H,5H2,(H2,18,19)/t9?,10-,11?,12?,13+/m1/s1. The number of aliphatic imine (C=N–C) groups is 1. The third-order valence-corrected chi connectivity index (χ3v) is 4.00. The molecule has 5 atom stereocenters. The zero-order chi connectivity index (χ0) is 19.3. The molecule has 1 aromatic rings. The van der Waals surface area contributed by atoms with Crippen LogP contribution in [0.15, 0.2) is 29.3 Å². The summed E-state index contributed by atoms with van der Waals surface area (Å²) in [6, 6.07) is 6.14. The van der Waals surface area contributed by atoms with Crippen LogP contribution in [-0.2, 0) is 4.74 Å². The van der Waals surface area contributed by atoms with Crippen molar-refractivity contribution in [2.75, 3.05) is 6.54 Å². The van der Waals surface area contributed by atoms with Crippen molar-refractivity contribution < 1.29 is 38.0 Å². The molecule has 26 heavy (non-hydrogen) atoms.